The molecule has 0 bridgehead atoms. The molecule has 4 aliphatic rings. The second kappa shape index (κ2) is 32.2. The second-order valence-corrected chi connectivity index (χ2v) is 28.6. The van der Waals surface area contributed by atoms with E-state index >= 15 is 0 Å². The van der Waals surface area contributed by atoms with Gasteiger partial charge in [-0.05, 0) is 129 Å². The van der Waals surface area contributed by atoms with E-state index in [4.69, 9.17) is 9.47 Å². The van der Waals surface area contributed by atoms with E-state index in [-0.39, 0.29) is 63.4 Å². The smallest absolute Gasteiger partial charge is 0.408 e. The minimum Gasteiger partial charge on any atom is -0.444 e. The molecule has 2 saturated heterocycles. The van der Waals surface area contributed by atoms with Crippen molar-refractivity contribution in [3.8, 4) is 0 Å². The third-order valence-electron chi connectivity index (χ3n) is 17.2. The van der Waals surface area contributed by atoms with Crippen molar-refractivity contribution in [2.75, 3.05) is 82.6 Å². The third-order valence-corrected chi connectivity index (χ3v) is 17.2. The highest BCUT2D eigenvalue weighted by molar-refractivity contribution is 6.00. The summed E-state index contributed by atoms with van der Waals surface area (Å²) >= 11 is 0. The highest BCUT2D eigenvalue weighted by Crippen LogP contribution is 2.34. The molecule has 8 rings (SSSR count). The molecular weight excluding hydrogens is 1220 g/mol. The molecule has 520 valence electrons. The van der Waals surface area contributed by atoms with Gasteiger partial charge < -0.3 is 70.8 Å². The van der Waals surface area contributed by atoms with Crippen LogP contribution < -0.4 is 31.9 Å². The third kappa shape index (κ3) is 20.1. The molecule has 4 aromatic rings. The highest BCUT2D eigenvalue weighted by Gasteiger charge is 2.51. The number of likely N-dealkylation sites (N-methyl/N-ethyl adjacent to an activating group) is 4. The van der Waals surface area contributed by atoms with Crippen molar-refractivity contribution in [2.24, 2.45) is 0 Å². The quantitative estimate of drug-likeness (QED) is 0.0653. The summed E-state index contributed by atoms with van der Waals surface area (Å²) in [6.45, 7) is 11.5. The number of amides is 10. The first kappa shape index (κ1) is 74.5. The van der Waals surface area contributed by atoms with Crippen LogP contribution in [-0.4, -0.2) is 230 Å². The number of benzene rings is 4. The first-order chi connectivity index (χ1) is 45.2. The van der Waals surface area contributed by atoms with Crippen LogP contribution in [0.5, 0.6) is 0 Å². The van der Waals surface area contributed by atoms with Gasteiger partial charge in [0.25, 0.3) is 0 Å². The number of fused-ring (bicyclic) bond motifs is 2. The molecule has 0 radical (unpaired) electrons. The van der Waals surface area contributed by atoms with Gasteiger partial charge in [0.2, 0.25) is 47.3 Å². The van der Waals surface area contributed by atoms with E-state index in [0.29, 0.717) is 38.8 Å². The van der Waals surface area contributed by atoms with Gasteiger partial charge >= 0.3 is 12.2 Å². The molecule has 6 N–H and O–H groups in total. The number of likely N-dealkylation sites (tertiary alicyclic amines) is 2. The van der Waals surface area contributed by atoms with Crippen LogP contribution in [0.2, 0.25) is 0 Å². The number of hydrogen-bond acceptors (Lipinski definition) is 14. The Balaban J connectivity index is 0.000000271. The maximum absolute atomic E-state index is 14.4. The summed E-state index contributed by atoms with van der Waals surface area (Å²) in [5, 5.41) is 17.5. The van der Waals surface area contributed by atoms with E-state index in [0.717, 1.165) is 33.4 Å². The lowest BCUT2D eigenvalue weighted by Crippen LogP contribution is -2.65. The second-order valence-electron chi connectivity index (χ2n) is 28.6. The van der Waals surface area contributed by atoms with E-state index in [2.05, 4.69) is 31.9 Å². The Bertz CT molecular complexity index is 3150. The first-order valence-corrected chi connectivity index (χ1v) is 33.0. The molecule has 10 amide bonds. The van der Waals surface area contributed by atoms with Gasteiger partial charge in [-0.25, -0.2) is 9.59 Å². The van der Waals surface area contributed by atoms with E-state index in [1.54, 1.807) is 108 Å². The van der Waals surface area contributed by atoms with Crippen LogP contribution >= 0.6 is 0 Å². The predicted molar refractivity (Wildman–Crippen MR) is 364 cm³/mol. The highest BCUT2D eigenvalue weighted by atomic mass is 16.6. The van der Waals surface area contributed by atoms with Gasteiger partial charge in [-0.3, -0.25) is 38.4 Å². The number of nitrogens with zero attached hydrogens (tertiary/aromatic N) is 6. The number of alkyl carbamates (subject to hydrolysis) is 2. The summed E-state index contributed by atoms with van der Waals surface area (Å²) in [6.07, 6.45) is 2.03. The fourth-order valence-corrected chi connectivity index (χ4v) is 12.8. The van der Waals surface area contributed by atoms with Gasteiger partial charge in [0.1, 0.15) is 58.5 Å². The van der Waals surface area contributed by atoms with Crippen LogP contribution in [0.3, 0.4) is 0 Å². The molecule has 2 aliphatic heterocycles. The van der Waals surface area contributed by atoms with Crippen LogP contribution in [0.25, 0.3) is 0 Å². The SMILES string of the molecule is CN(C)C[C@H](NC(=O)OC(C)(C)C)C(=O)N1CCC[C@@H]1C(=O)NC1(C(=O)N[C@H](Cc2ccccc2)C(=O)N(C)C)Cc2ccccc2C1.CN(C)C[C@H](NC(=O)OC(C)(C)C)C(=O)N1CCC[C@@H]1C(=O)NC1(C(=O)N[C@H](Cc2ccccc2)C(=O)N(C)C)Cc2ccccc2C1. The maximum atomic E-state index is 14.4. The molecule has 2 fully saturated rings. The molecule has 96 heavy (non-hydrogen) atoms. The van der Waals surface area contributed by atoms with Crippen LogP contribution in [0.4, 0.5) is 9.59 Å². The van der Waals surface area contributed by atoms with Gasteiger partial charge in [-0.1, -0.05) is 109 Å². The number of ether oxygens (including phenoxy) is 2. The number of hydrogen-bond donors (Lipinski definition) is 6. The molecule has 0 saturated carbocycles. The molecule has 0 spiro atoms. The Kier molecular flexibility index (Phi) is 25.0. The van der Waals surface area contributed by atoms with Gasteiger partial charge in [-0.2, -0.15) is 0 Å². The average Bonchev–Trinajstić information content (AvgIpc) is 1.61. The molecule has 4 aromatic carbocycles. The van der Waals surface area contributed by atoms with Crippen LogP contribution in [0, 0.1) is 0 Å². The zero-order valence-corrected chi connectivity index (χ0v) is 58.3. The van der Waals surface area contributed by atoms with Crippen LogP contribution in [0.1, 0.15) is 101 Å². The van der Waals surface area contributed by atoms with Gasteiger partial charge in [0, 0.05) is 92.9 Å². The van der Waals surface area contributed by atoms with Gasteiger partial charge in [0.15, 0.2) is 0 Å². The number of carbonyl (C=O) groups is 10. The Hall–Kier alpha value is -8.90. The normalized spacial score (nSPS) is 18.0. The van der Waals surface area contributed by atoms with Crippen molar-refractivity contribution in [2.45, 2.75) is 164 Å². The summed E-state index contributed by atoms with van der Waals surface area (Å²) < 4.78 is 10.8. The summed E-state index contributed by atoms with van der Waals surface area (Å²) in [7, 11) is 13.7. The number of carbonyl (C=O) groups excluding carboxylic acids is 10. The molecule has 24 nitrogen and oxygen atoms in total. The van der Waals surface area contributed by atoms with E-state index in [1.807, 2.05) is 109 Å². The average molecular weight is 1330 g/mol. The Morgan fingerprint density at radius 1 is 0.448 bits per heavy atom. The summed E-state index contributed by atoms with van der Waals surface area (Å²) in [5.74, 6) is -3.17. The Labute approximate surface area is 565 Å². The minimum absolute atomic E-state index is 0.202. The van der Waals surface area contributed by atoms with Crippen molar-refractivity contribution in [1.29, 1.82) is 0 Å². The van der Waals surface area contributed by atoms with Crippen molar-refractivity contribution in [1.82, 2.24) is 61.3 Å². The number of rotatable bonds is 22. The molecule has 0 unspecified atom stereocenters. The summed E-state index contributed by atoms with van der Waals surface area (Å²) in [4.78, 5) is 146. The Morgan fingerprint density at radius 2 is 0.750 bits per heavy atom. The molecule has 6 atom stereocenters. The van der Waals surface area contributed by atoms with E-state index in [9.17, 15) is 47.9 Å². The molecule has 24 heteroatoms. The lowest BCUT2D eigenvalue weighted by atomic mass is 9.92. The van der Waals surface area contributed by atoms with Crippen molar-refractivity contribution >= 4 is 59.4 Å². The van der Waals surface area contributed by atoms with Gasteiger partial charge in [-0.15, -0.1) is 0 Å². The van der Waals surface area contributed by atoms with Gasteiger partial charge in [0.05, 0.1) is 0 Å². The lowest BCUT2D eigenvalue weighted by molar-refractivity contribution is -0.143. The monoisotopic (exact) mass is 1320 g/mol. The first-order valence-electron chi connectivity index (χ1n) is 33.0. The zero-order valence-electron chi connectivity index (χ0n) is 58.3. The molecule has 2 heterocycles. The Morgan fingerprint density at radius 3 is 1.03 bits per heavy atom. The lowest BCUT2D eigenvalue weighted by Gasteiger charge is -2.35. The number of nitrogens with one attached hydrogen (secondary N) is 6. The summed E-state index contributed by atoms with van der Waals surface area (Å²) in [6, 6.07) is 28.9. The van der Waals surface area contributed by atoms with E-state index in [1.165, 1.54) is 19.6 Å². The fraction of sp³-hybridized carbons (Fsp3) is 0.528. The fourth-order valence-electron chi connectivity index (χ4n) is 12.8. The predicted octanol–water partition coefficient (Wildman–Crippen LogP) is 3.80. The minimum atomic E-state index is -1.38. The molecule has 0 aromatic heterocycles. The summed E-state index contributed by atoms with van der Waals surface area (Å²) in [5.41, 5.74) is 1.23. The topological polar surface area (TPSA) is 281 Å². The van der Waals surface area contributed by atoms with Crippen molar-refractivity contribution in [3.63, 3.8) is 0 Å². The molecule has 2 aliphatic carbocycles. The standard InChI is InChI=1S/2C36H50N6O6/c2*1-35(2,3)48-34(47)38-28(23-40(4)5)32(45)42-19-13-18-29(42)30(43)39-36(21-25-16-11-12-17-26(25)22-36)33(46)37-27(31(44)41(6)7)20-24-14-9-8-10-15-24/h2*8-12,14-17,27-29H,13,18-23H2,1-7H3,(H,37,46)(H,38,47)(H,39,43)/t2*27-,28+,29-/m11/s1. The maximum Gasteiger partial charge on any atom is 0.408 e. The van der Waals surface area contributed by atoms with Crippen molar-refractivity contribution in [3.05, 3.63) is 143 Å². The van der Waals surface area contributed by atoms with Crippen molar-refractivity contribution < 1.29 is 57.4 Å². The van der Waals surface area contributed by atoms with E-state index < -0.39 is 106 Å². The van der Waals surface area contributed by atoms with Crippen LogP contribution in [-0.2, 0) is 86.4 Å². The largest absolute Gasteiger partial charge is 0.444 e. The zero-order chi connectivity index (χ0) is 70.5. The van der Waals surface area contributed by atoms with Crippen LogP contribution in [0.15, 0.2) is 109 Å². The molecular formula is C72H100N12O12.